The van der Waals surface area contributed by atoms with Gasteiger partial charge in [-0.2, -0.15) is 0 Å². The number of aryl methyl sites for hydroxylation is 1. The van der Waals surface area contributed by atoms with E-state index in [4.69, 9.17) is 4.42 Å². The molecule has 2 unspecified atom stereocenters. The molecule has 2 N–H and O–H groups in total. The molecule has 2 atom stereocenters. The Kier molecular flexibility index (Phi) is 4.74. The minimum atomic E-state index is -0.269. The van der Waals surface area contributed by atoms with Crippen molar-refractivity contribution in [1.82, 2.24) is 5.32 Å². The largest absolute Gasteiger partial charge is 0.461 e. The number of benzene rings is 1. The highest BCUT2D eigenvalue weighted by molar-refractivity contribution is 6.03. The molecule has 0 aliphatic heterocycles. The average Bonchev–Trinajstić information content (AvgIpc) is 3.15. The third-order valence-corrected chi connectivity index (χ3v) is 4.51. The maximum Gasteiger partial charge on any atom is 0.251 e. The molecule has 2 aromatic rings. The summed E-state index contributed by atoms with van der Waals surface area (Å²) in [5, 5.41) is 5.37. The monoisotopic (exact) mass is 338 g/mol. The summed E-state index contributed by atoms with van der Waals surface area (Å²) in [5.74, 6) is 2.40. The van der Waals surface area contributed by atoms with E-state index < -0.39 is 0 Å². The number of furan rings is 1. The Balaban J connectivity index is 1.66. The summed E-state index contributed by atoms with van der Waals surface area (Å²) in [4.78, 5) is 23.9. The Morgan fingerprint density at radius 1 is 1.24 bits per heavy atom. The highest BCUT2D eigenvalue weighted by atomic mass is 16.3. The second kappa shape index (κ2) is 6.97. The molecule has 5 nitrogen and oxygen atoms in total. The lowest BCUT2D eigenvalue weighted by atomic mass is 10.1. The van der Waals surface area contributed by atoms with Crippen LogP contribution >= 0.6 is 0 Å². The number of carbonyl (C=O) groups excluding carboxylic acids is 2. The molecule has 1 aromatic carbocycles. The van der Waals surface area contributed by atoms with Gasteiger partial charge in [0.2, 0.25) is 5.91 Å². The summed E-state index contributed by atoms with van der Waals surface area (Å²) in [7, 11) is 1.57. The van der Waals surface area contributed by atoms with Gasteiger partial charge in [-0.3, -0.25) is 9.59 Å². The van der Waals surface area contributed by atoms with E-state index in [0.29, 0.717) is 28.8 Å². The van der Waals surface area contributed by atoms with Crippen molar-refractivity contribution in [1.29, 1.82) is 0 Å². The van der Waals surface area contributed by atoms with Gasteiger partial charge in [-0.25, -0.2) is 0 Å². The van der Waals surface area contributed by atoms with E-state index in [1.165, 1.54) is 6.08 Å². The molecule has 1 aliphatic rings. The van der Waals surface area contributed by atoms with E-state index in [2.05, 4.69) is 17.6 Å². The lowest BCUT2D eigenvalue weighted by Gasteiger charge is -2.08. The fourth-order valence-corrected chi connectivity index (χ4v) is 2.75. The second-order valence-corrected chi connectivity index (χ2v) is 6.49. The first-order valence-corrected chi connectivity index (χ1v) is 8.39. The van der Waals surface area contributed by atoms with E-state index in [0.717, 1.165) is 17.7 Å². The van der Waals surface area contributed by atoms with Crippen LogP contribution in [0.3, 0.4) is 0 Å². The normalized spacial score (nSPS) is 19.0. The minimum absolute atomic E-state index is 0.191. The number of rotatable bonds is 5. The summed E-state index contributed by atoms with van der Waals surface area (Å²) in [6.07, 6.45) is 4.26. The van der Waals surface area contributed by atoms with E-state index in [-0.39, 0.29) is 11.8 Å². The van der Waals surface area contributed by atoms with Gasteiger partial charge in [-0.1, -0.05) is 13.0 Å². The Labute approximate surface area is 147 Å². The van der Waals surface area contributed by atoms with Gasteiger partial charge >= 0.3 is 0 Å². The molecule has 1 heterocycles. The summed E-state index contributed by atoms with van der Waals surface area (Å²) in [6.45, 7) is 4.08. The molecule has 130 valence electrons. The van der Waals surface area contributed by atoms with Crippen LogP contribution < -0.4 is 10.6 Å². The number of carbonyl (C=O) groups is 2. The molecule has 0 saturated heterocycles. The van der Waals surface area contributed by atoms with Gasteiger partial charge in [0, 0.05) is 30.3 Å². The SMILES string of the molecule is CNC(=O)c1ccc(C)c(NC(=O)/C=C/c2ccc(C3CC3C)o2)c1. The summed E-state index contributed by atoms with van der Waals surface area (Å²) in [6, 6.07) is 9.05. The molecule has 1 saturated carbocycles. The van der Waals surface area contributed by atoms with Gasteiger partial charge in [0.25, 0.3) is 5.91 Å². The molecule has 1 fully saturated rings. The molecule has 3 rings (SSSR count). The maximum atomic E-state index is 12.2. The van der Waals surface area contributed by atoms with Crippen LogP contribution in [0, 0.1) is 12.8 Å². The second-order valence-electron chi connectivity index (χ2n) is 6.49. The van der Waals surface area contributed by atoms with Crippen LogP contribution in [0.15, 0.2) is 40.8 Å². The first kappa shape index (κ1) is 17.0. The van der Waals surface area contributed by atoms with E-state index in [1.54, 1.807) is 31.3 Å². The Morgan fingerprint density at radius 3 is 2.68 bits per heavy atom. The number of anilines is 1. The fourth-order valence-electron chi connectivity index (χ4n) is 2.75. The summed E-state index contributed by atoms with van der Waals surface area (Å²) >= 11 is 0. The van der Waals surface area contributed by atoms with Crippen molar-refractivity contribution in [2.45, 2.75) is 26.2 Å². The molecule has 2 amide bonds. The van der Waals surface area contributed by atoms with Crippen molar-refractivity contribution in [3.63, 3.8) is 0 Å². The molecule has 0 spiro atoms. The molecule has 0 radical (unpaired) electrons. The molecule has 1 aliphatic carbocycles. The van der Waals surface area contributed by atoms with Gasteiger partial charge in [0.15, 0.2) is 0 Å². The first-order valence-electron chi connectivity index (χ1n) is 8.39. The quantitative estimate of drug-likeness (QED) is 0.816. The minimum Gasteiger partial charge on any atom is -0.461 e. The highest BCUT2D eigenvalue weighted by Crippen LogP contribution is 2.47. The number of hydrogen-bond donors (Lipinski definition) is 2. The van der Waals surface area contributed by atoms with Crippen molar-refractivity contribution >= 4 is 23.6 Å². The van der Waals surface area contributed by atoms with E-state index in [9.17, 15) is 9.59 Å². The van der Waals surface area contributed by atoms with Gasteiger partial charge in [-0.15, -0.1) is 0 Å². The third-order valence-electron chi connectivity index (χ3n) is 4.51. The average molecular weight is 338 g/mol. The Hall–Kier alpha value is -2.82. The first-order chi connectivity index (χ1) is 12.0. The molecule has 25 heavy (non-hydrogen) atoms. The van der Waals surface area contributed by atoms with Crippen LogP contribution in [-0.2, 0) is 4.79 Å². The third kappa shape index (κ3) is 3.99. The predicted octanol–water partition coefficient (Wildman–Crippen LogP) is 3.72. The summed E-state index contributed by atoms with van der Waals surface area (Å²) < 4.78 is 5.75. The molecule has 5 heteroatoms. The predicted molar refractivity (Wildman–Crippen MR) is 97.5 cm³/mol. The van der Waals surface area contributed by atoms with E-state index >= 15 is 0 Å². The van der Waals surface area contributed by atoms with E-state index in [1.807, 2.05) is 19.1 Å². The van der Waals surface area contributed by atoms with Gasteiger partial charge in [0.05, 0.1) is 0 Å². The standard InChI is InChI=1S/C20H22N2O3/c1-12-4-5-14(20(24)21-3)11-17(12)22-19(23)9-7-15-6-8-18(25-15)16-10-13(16)2/h4-9,11,13,16H,10H2,1-3H3,(H,21,24)(H,22,23)/b9-7+. The van der Waals surface area contributed by atoms with Crippen LogP contribution in [0.1, 0.15) is 46.7 Å². The summed E-state index contributed by atoms with van der Waals surface area (Å²) in [5.41, 5.74) is 2.00. The molecule has 0 bridgehead atoms. The van der Waals surface area contributed by atoms with Crippen molar-refractivity contribution in [3.8, 4) is 0 Å². The van der Waals surface area contributed by atoms with Crippen LogP contribution in [0.5, 0.6) is 0 Å². The van der Waals surface area contributed by atoms with Crippen LogP contribution in [0.25, 0.3) is 6.08 Å². The van der Waals surface area contributed by atoms with Crippen LogP contribution in [-0.4, -0.2) is 18.9 Å². The lowest BCUT2D eigenvalue weighted by Crippen LogP contribution is -2.18. The Morgan fingerprint density at radius 2 is 2.00 bits per heavy atom. The molecular formula is C20H22N2O3. The fraction of sp³-hybridized carbons (Fsp3) is 0.300. The zero-order valence-corrected chi connectivity index (χ0v) is 14.6. The smallest absolute Gasteiger partial charge is 0.251 e. The zero-order chi connectivity index (χ0) is 18.0. The Bertz CT molecular complexity index is 835. The zero-order valence-electron chi connectivity index (χ0n) is 14.6. The van der Waals surface area contributed by atoms with Gasteiger partial charge in [0.1, 0.15) is 11.5 Å². The highest BCUT2D eigenvalue weighted by Gasteiger charge is 2.36. The van der Waals surface area contributed by atoms with Gasteiger partial charge < -0.3 is 15.1 Å². The van der Waals surface area contributed by atoms with Gasteiger partial charge in [-0.05, 0) is 55.2 Å². The van der Waals surface area contributed by atoms with Crippen molar-refractivity contribution < 1.29 is 14.0 Å². The maximum absolute atomic E-state index is 12.2. The topological polar surface area (TPSA) is 71.3 Å². The van der Waals surface area contributed by atoms with Crippen LogP contribution in [0.4, 0.5) is 5.69 Å². The van der Waals surface area contributed by atoms with Crippen molar-refractivity contribution in [3.05, 3.63) is 59.1 Å². The molecular weight excluding hydrogens is 316 g/mol. The van der Waals surface area contributed by atoms with Crippen molar-refractivity contribution in [2.24, 2.45) is 5.92 Å². The number of hydrogen-bond acceptors (Lipinski definition) is 3. The number of nitrogens with one attached hydrogen (secondary N) is 2. The van der Waals surface area contributed by atoms with Crippen LogP contribution in [0.2, 0.25) is 0 Å². The number of amides is 2. The molecule has 1 aromatic heterocycles. The lowest BCUT2D eigenvalue weighted by molar-refractivity contribution is -0.111. The van der Waals surface area contributed by atoms with Crippen molar-refractivity contribution in [2.75, 3.05) is 12.4 Å².